The molecule has 0 bridgehead atoms. The quantitative estimate of drug-likeness (QED) is 0.830. The molecule has 0 aliphatic carbocycles. The molecule has 5 heteroatoms. The SMILES string of the molecule is O=C(O)/C=C(/C(=O)O)C1CN2CC(c3ccccc3)c3ccccc3C12. The van der Waals surface area contributed by atoms with Crippen LogP contribution in [0.3, 0.4) is 0 Å². The molecular formula is C21H19NO4. The van der Waals surface area contributed by atoms with Gasteiger partial charge in [-0.05, 0) is 16.7 Å². The van der Waals surface area contributed by atoms with E-state index in [2.05, 4.69) is 23.1 Å². The lowest BCUT2D eigenvalue weighted by Gasteiger charge is -2.54. The van der Waals surface area contributed by atoms with Gasteiger partial charge in [0.25, 0.3) is 0 Å². The first-order valence-corrected chi connectivity index (χ1v) is 8.62. The maximum absolute atomic E-state index is 11.6. The van der Waals surface area contributed by atoms with Crippen molar-refractivity contribution in [2.45, 2.75) is 12.0 Å². The van der Waals surface area contributed by atoms with Gasteiger partial charge in [0.2, 0.25) is 0 Å². The van der Waals surface area contributed by atoms with Crippen molar-refractivity contribution < 1.29 is 19.8 Å². The van der Waals surface area contributed by atoms with Gasteiger partial charge in [0.1, 0.15) is 0 Å². The molecule has 0 spiro atoms. The van der Waals surface area contributed by atoms with Crippen LogP contribution in [-0.2, 0) is 9.59 Å². The van der Waals surface area contributed by atoms with Crippen LogP contribution < -0.4 is 0 Å². The Morgan fingerprint density at radius 2 is 1.58 bits per heavy atom. The van der Waals surface area contributed by atoms with E-state index in [1.807, 2.05) is 36.4 Å². The smallest absolute Gasteiger partial charge is 0.332 e. The molecule has 2 aromatic carbocycles. The Kier molecular flexibility index (Phi) is 4.09. The van der Waals surface area contributed by atoms with Gasteiger partial charge >= 0.3 is 11.9 Å². The molecule has 2 aliphatic rings. The molecule has 2 N–H and O–H groups in total. The highest BCUT2D eigenvalue weighted by molar-refractivity contribution is 5.95. The second-order valence-electron chi connectivity index (χ2n) is 6.84. The second-order valence-corrected chi connectivity index (χ2v) is 6.84. The van der Waals surface area contributed by atoms with E-state index in [-0.39, 0.29) is 23.5 Å². The fourth-order valence-electron chi connectivity index (χ4n) is 4.31. The lowest BCUT2D eigenvalue weighted by molar-refractivity contribution is -0.137. The molecule has 132 valence electrons. The van der Waals surface area contributed by atoms with Crippen LogP contribution >= 0.6 is 0 Å². The summed E-state index contributed by atoms with van der Waals surface area (Å²) in [5, 5.41) is 18.5. The third-order valence-electron chi connectivity index (χ3n) is 5.44. The van der Waals surface area contributed by atoms with Crippen molar-refractivity contribution in [3.05, 3.63) is 82.9 Å². The van der Waals surface area contributed by atoms with Crippen LogP contribution in [0.1, 0.15) is 28.7 Å². The van der Waals surface area contributed by atoms with Crippen LogP contribution in [0.4, 0.5) is 0 Å². The number of rotatable bonds is 4. The van der Waals surface area contributed by atoms with E-state index in [1.165, 1.54) is 11.1 Å². The highest BCUT2D eigenvalue weighted by Gasteiger charge is 2.48. The lowest BCUT2D eigenvalue weighted by atomic mass is 9.70. The molecule has 0 aromatic heterocycles. The molecule has 1 fully saturated rings. The van der Waals surface area contributed by atoms with Gasteiger partial charge in [0.05, 0.1) is 5.57 Å². The Hall–Kier alpha value is -2.92. The lowest BCUT2D eigenvalue weighted by Crippen LogP contribution is -2.55. The standard InChI is InChI=1S/C21H19NO4/c23-19(24)10-16(21(25)26)18-12-22-11-17(13-6-2-1-3-7-13)14-8-4-5-9-15(14)20(18)22/h1-10,17-18,20H,11-12H2,(H,23,24)(H,25,26)/b16-10+. The third kappa shape index (κ3) is 2.70. The summed E-state index contributed by atoms with van der Waals surface area (Å²) in [6.07, 6.45) is 0.843. The van der Waals surface area contributed by atoms with Gasteiger partial charge in [-0.25, -0.2) is 9.59 Å². The Labute approximate surface area is 151 Å². The van der Waals surface area contributed by atoms with Crippen LogP contribution in [0.15, 0.2) is 66.2 Å². The summed E-state index contributed by atoms with van der Waals surface area (Å²) in [5.41, 5.74) is 3.51. The minimum absolute atomic E-state index is 0.0216. The molecule has 3 unspecified atom stereocenters. The fourth-order valence-corrected chi connectivity index (χ4v) is 4.31. The molecule has 0 saturated carbocycles. The van der Waals surface area contributed by atoms with Crippen LogP contribution in [0.25, 0.3) is 0 Å². The normalized spacial score (nSPS) is 24.9. The van der Waals surface area contributed by atoms with E-state index < -0.39 is 11.9 Å². The van der Waals surface area contributed by atoms with Gasteiger partial charge in [0.15, 0.2) is 0 Å². The maximum atomic E-state index is 11.6. The first-order valence-electron chi connectivity index (χ1n) is 8.62. The molecule has 2 aromatic rings. The zero-order chi connectivity index (χ0) is 18.3. The highest BCUT2D eigenvalue weighted by Crippen LogP contribution is 2.50. The fraction of sp³-hybridized carbons (Fsp3) is 0.238. The van der Waals surface area contributed by atoms with Crippen molar-refractivity contribution in [2.75, 3.05) is 13.1 Å². The summed E-state index contributed by atoms with van der Waals surface area (Å²) in [6, 6.07) is 18.3. The van der Waals surface area contributed by atoms with Crippen LogP contribution in [0, 0.1) is 5.92 Å². The Morgan fingerprint density at radius 3 is 2.23 bits per heavy atom. The zero-order valence-corrected chi connectivity index (χ0v) is 14.1. The number of nitrogens with zero attached hydrogens (tertiary/aromatic N) is 1. The van der Waals surface area contributed by atoms with Crippen LogP contribution in [0.2, 0.25) is 0 Å². The van der Waals surface area contributed by atoms with E-state index in [9.17, 15) is 14.7 Å². The zero-order valence-electron chi connectivity index (χ0n) is 14.1. The predicted octanol–water partition coefficient (Wildman–Crippen LogP) is 2.90. The largest absolute Gasteiger partial charge is 0.478 e. The van der Waals surface area contributed by atoms with Crippen molar-refractivity contribution >= 4 is 11.9 Å². The summed E-state index contributed by atoms with van der Waals surface area (Å²) < 4.78 is 0. The second kappa shape index (κ2) is 6.42. The minimum Gasteiger partial charge on any atom is -0.478 e. The summed E-state index contributed by atoms with van der Waals surface area (Å²) in [5.74, 6) is -2.44. The molecule has 5 nitrogen and oxygen atoms in total. The molecule has 0 radical (unpaired) electrons. The van der Waals surface area contributed by atoms with Crippen molar-refractivity contribution in [3.63, 3.8) is 0 Å². The minimum atomic E-state index is -1.22. The Bertz CT molecular complexity index is 890. The summed E-state index contributed by atoms with van der Waals surface area (Å²) in [4.78, 5) is 24.9. The average Bonchev–Trinajstić information content (AvgIpc) is 2.61. The molecule has 2 aliphatic heterocycles. The highest BCUT2D eigenvalue weighted by atomic mass is 16.4. The van der Waals surface area contributed by atoms with Gasteiger partial charge < -0.3 is 10.2 Å². The molecule has 26 heavy (non-hydrogen) atoms. The number of benzene rings is 2. The van der Waals surface area contributed by atoms with Crippen molar-refractivity contribution in [1.82, 2.24) is 4.90 Å². The van der Waals surface area contributed by atoms with Gasteiger partial charge in [0, 0.05) is 37.0 Å². The van der Waals surface area contributed by atoms with Crippen LogP contribution in [0.5, 0.6) is 0 Å². The number of hydrogen-bond acceptors (Lipinski definition) is 3. The topological polar surface area (TPSA) is 77.8 Å². The van der Waals surface area contributed by atoms with Gasteiger partial charge in [-0.2, -0.15) is 0 Å². The predicted molar refractivity (Wildman–Crippen MR) is 95.9 cm³/mol. The number of hydrogen-bond donors (Lipinski definition) is 2. The van der Waals surface area contributed by atoms with E-state index in [4.69, 9.17) is 5.11 Å². The first-order chi connectivity index (χ1) is 12.6. The maximum Gasteiger partial charge on any atom is 0.332 e. The van der Waals surface area contributed by atoms with Crippen LogP contribution in [-0.4, -0.2) is 40.1 Å². The van der Waals surface area contributed by atoms with Gasteiger partial charge in [-0.15, -0.1) is 0 Å². The van der Waals surface area contributed by atoms with E-state index in [0.717, 1.165) is 18.2 Å². The first kappa shape index (κ1) is 16.5. The molecule has 2 heterocycles. The van der Waals surface area contributed by atoms with Crippen molar-refractivity contribution in [1.29, 1.82) is 0 Å². The monoisotopic (exact) mass is 349 g/mol. The average molecular weight is 349 g/mol. The molecule has 1 saturated heterocycles. The van der Waals surface area contributed by atoms with Crippen molar-refractivity contribution in [2.24, 2.45) is 5.92 Å². The number of carboxylic acids is 2. The number of carboxylic acid groups (broad SMARTS) is 2. The Balaban J connectivity index is 1.74. The van der Waals surface area contributed by atoms with Gasteiger partial charge in [-0.1, -0.05) is 54.6 Å². The molecule has 0 amide bonds. The van der Waals surface area contributed by atoms with E-state index >= 15 is 0 Å². The summed E-state index contributed by atoms with van der Waals surface area (Å²) in [7, 11) is 0. The number of fused-ring (bicyclic) bond motifs is 3. The third-order valence-corrected chi connectivity index (χ3v) is 5.44. The molecular weight excluding hydrogens is 330 g/mol. The Morgan fingerprint density at radius 1 is 0.923 bits per heavy atom. The van der Waals surface area contributed by atoms with Gasteiger partial charge in [-0.3, -0.25) is 4.90 Å². The summed E-state index contributed by atoms with van der Waals surface area (Å²) >= 11 is 0. The number of aliphatic carboxylic acids is 2. The number of carbonyl (C=O) groups is 2. The van der Waals surface area contributed by atoms with Crippen molar-refractivity contribution in [3.8, 4) is 0 Å². The van der Waals surface area contributed by atoms with E-state index in [1.54, 1.807) is 0 Å². The molecule has 4 rings (SSSR count). The summed E-state index contributed by atoms with van der Waals surface area (Å²) in [6.45, 7) is 1.37. The molecule has 3 atom stereocenters. The van der Waals surface area contributed by atoms with E-state index in [0.29, 0.717) is 6.54 Å².